The number of ketones is 1. The highest BCUT2D eigenvalue weighted by atomic mass is 16.5. The monoisotopic (exact) mass is 298 g/mol. The molecule has 3 heteroatoms. The summed E-state index contributed by atoms with van der Waals surface area (Å²) in [5, 5.41) is 0. The van der Waals surface area contributed by atoms with Gasteiger partial charge in [0.25, 0.3) is 0 Å². The normalized spacial score (nSPS) is 10.3. The van der Waals surface area contributed by atoms with Gasteiger partial charge in [0.2, 0.25) is 0 Å². The number of Topliss-reactive ketones (excluding diaryl/α,β-unsaturated/α-hetero) is 1. The van der Waals surface area contributed by atoms with Crippen molar-refractivity contribution in [1.29, 1.82) is 0 Å². The summed E-state index contributed by atoms with van der Waals surface area (Å²) < 4.78 is 11.5. The zero-order valence-electron chi connectivity index (χ0n) is 13.2. The van der Waals surface area contributed by atoms with Crippen molar-refractivity contribution in [3.05, 3.63) is 59.7 Å². The molecule has 2 rings (SSSR count). The van der Waals surface area contributed by atoms with Crippen LogP contribution in [0.25, 0.3) is 0 Å². The number of aryl methyl sites for hydroxylation is 1. The van der Waals surface area contributed by atoms with E-state index in [0.717, 1.165) is 29.0 Å². The third-order valence-corrected chi connectivity index (χ3v) is 3.31. The molecule has 0 N–H and O–H groups in total. The average Bonchev–Trinajstić information content (AvgIpc) is 2.53. The van der Waals surface area contributed by atoms with Gasteiger partial charge < -0.3 is 14.3 Å². The maximum Gasteiger partial charge on any atom is 0.161 e. The van der Waals surface area contributed by atoms with Gasteiger partial charge in [-0.05, 0) is 43.5 Å². The summed E-state index contributed by atoms with van der Waals surface area (Å²) in [4.78, 5) is 11.1. The lowest BCUT2D eigenvalue weighted by Gasteiger charge is -2.13. The fourth-order valence-electron chi connectivity index (χ4n) is 2.15. The van der Waals surface area contributed by atoms with Gasteiger partial charge in [-0.15, -0.1) is 0 Å². The van der Waals surface area contributed by atoms with Gasteiger partial charge in [0, 0.05) is 6.42 Å². The number of carbonyl (C=O) groups is 1. The first-order chi connectivity index (χ1) is 10.7. The van der Waals surface area contributed by atoms with Crippen LogP contribution >= 0.6 is 0 Å². The maximum atomic E-state index is 11.1. The van der Waals surface area contributed by atoms with Crippen LogP contribution in [0, 0.1) is 0 Å². The molecule has 0 fully saturated rings. The number of ether oxygens (including phenoxy) is 2. The van der Waals surface area contributed by atoms with Gasteiger partial charge in [-0.25, -0.2) is 0 Å². The van der Waals surface area contributed by atoms with E-state index in [1.165, 1.54) is 0 Å². The minimum atomic E-state index is 0.197. The van der Waals surface area contributed by atoms with E-state index in [2.05, 4.69) is 0 Å². The molecule has 0 aliphatic heterocycles. The SMILES string of the molecule is CCOc1cc(CCC(C)=O)ccc1OCc1ccccc1. The summed E-state index contributed by atoms with van der Waals surface area (Å²) in [6, 6.07) is 15.9. The standard InChI is InChI=1S/C19H22O3/c1-3-21-19-13-16(10-9-15(2)20)11-12-18(19)22-14-17-7-5-4-6-8-17/h4-8,11-13H,3,9-10,14H2,1-2H3. The van der Waals surface area contributed by atoms with Crippen molar-refractivity contribution in [3.8, 4) is 11.5 Å². The molecule has 116 valence electrons. The molecule has 0 radical (unpaired) electrons. The molecule has 0 atom stereocenters. The zero-order chi connectivity index (χ0) is 15.8. The minimum Gasteiger partial charge on any atom is -0.490 e. The van der Waals surface area contributed by atoms with Crippen molar-refractivity contribution in [3.63, 3.8) is 0 Å². The van der Waals surface area contributed by atoms with E-state index >= 15 is 0 Å². The first-order valence-corrected chi connectivity index (χ1v) is 7.61. The first kappa shape index (κ1) is 16.1. The van der Waals surface area contributed by atoms with Crippen molar-refractivity contribution in [1.82, 2.24) is 0 Å². The van der Waals surface area contributed by atoms with Gasteiger partial charge in [0.15, 0.2) is 11.5 Å². The highest BCUT2D eigenvalue weighted by Gasteiger charge is 2.07. The number of benzene rings is 2. The van der Waals surface area contributed by atoms with Crippen LogP contribution in [0.3, 0.4) is 0 Å². The molecule has 0 saturated heterocycles. The molecule has 0 bridgehead atoms. The third-order valence-electron chi connectivity index (χ3n) is 3.31. The van der Waals surface area contributed by atoms with E-state index in [1.807, 2.05) is 55.5 Å². The zero-order valence-corrected chi connectivity index (χ0v) is 13.2. The molecule has 3 nitrogen and oxygen atoms in total. The molecular formula is C19H22O3. The molecule has 0 amide bonds. The maximum absolute atomic E-state index is 11.1. The summed E-state index contributed by atoms with van der Waals surface area (Å²) in [6.07, 6.45) is 1.28. The highest BCUT2D eigenvalue weighted by Crippen LogP contribution is 2.29. The van der Waals surface area contributed by atoms with Crippen LogP contribution < -0.4 is 9.47 Å². The van der Waals surface area contributed by atoms with Crippen molar-refractivity contribution < 1.29 is 14.3 Å². The van der Waals surface area contributed by atoms with Crippen molar-refractivity contribution >= 4 is 5.78 Å². The van der Waals surface area contributed by atoms with Gasteiger partial charge in [-0.2, -0.15) is 0 Å². The van der Waals surface area contributed by atoms with E-state index in [9.17, 15) is 4.79 Å². The van der Waals surface area contributed by atoms with Crippen LogP contribution in [-0.2, 0) is 17.8 Å². The largest absolute Gasteiger partial charge is 0.490 e. The van der Waals surface area contributed by atoms with Crippen molar-refractivity contribution in [2.45, 2.75) is 33.3 Å². The number of hydrogen-bond acceptors (Lipinski definition) is 3. The van der Waals surface area contributed by atoms with Crippen LogP contribution in [-0.4, -0.2) is 12.4 Å². The summed E-state index contributed by atoms with van der Waals surface area (Å²) in [5.41, 5.74) is 2.20. The van der Waals surface area contributed by atoms with Crippen LogP contribution in [0.15, 0.2) is 48.5 Å². The second-order valence-corrected chi connectivity index (χ2v) is 5.19. The van der Waals surface area contributed by atoms with Crippen LogP contribution in [0.4, 0.5) is 0 Å². The first-order valence-electron chi connectivity index (χ1n) is 7.61. The Morgan fingerprint density at radius 3 is 2.41 bits per heavy atom. The molecular weight excluding hydrogens is 276 g/mol. The lowest BCUT2D eigenvalue weighted by molar-refractivity contribution is -0.116. The van der Waals surface area contributed by atoms with Gasteiger partial charge in [0.1, 0.15) is 12.4 Å². The molecule has 0 aliphatic rings. The van der Waals surface area contributed by atoms with Crippen LogP contribution in [0.1, 0.15) is 31.4 Å². The summed E-state index contributed by atoms with van der Waals surface area (Å²) in [7, 11) is 0. The molecule has 0 aliphatic carbocycles. The van der Waals surface area contributed by atoms with Gasteiger partial charge in [-0.3, -0.25) is 0 Å². The lowest BCUT2D eigenvalue weighted by Crippen LogP contribution is -2.01. The summed E-state index contributed by atoms with van der Waals surface area (Å²) in [6.45, 7) is 4.65. The lowest BCUT2D eigenvalue weighted by atomic mass is 10.1. The topological polar surface area (TPSA) is 35.5 Å². The van der Waals surface area contributed by atoms with Crippen LogP contribution in [0.5, 0.6) is 11.5 Å². The Balaban J connectivity index is 2.07. The quantitative estimate of drug-likeness (QED) is 0.733. The number of rotatable bonds is 8. The van der Waals surface area contributed by atoms with E-state index < -0.39 is 0 Å². The average molecular weight is 298 g/mol. The second kappa shape index (κ2) is 8.23. The number of carbonyl (C=O) groups excluding carboxylic acids is 1. The molecule has 0 heterocycles. The van der Waals surface area contributed by atoms with Gasteiger partial charge in [-0.1, -0.05) is 36.4 Å². The molecule has 0 saturated carbocycles. The van der Waals surface area contributed by atoms with E-state index in [4.69, 9.17) is 9.47 Å². The minimum absolute atomic E-state index is 0.197. The Labute approximate surface area is 131 Å². The third kappa shape index (κ3) is 4.92. The Bertz CT molecular complexity index is 605. The highest BCUT2D eigenvalue weighted by molar-refractivity contribution is 5.75. The van der Waals surface area contributed by atoms with E-state index in [0.29, 0.717) is 19.6 Å². The smallest absolute Gasteiger partial charge is 0.161 e. The molecule has 22 heavy (non-hydrogen) atoms. The molecule has 0 unspecified atom stereocenters. The Kier molecular flexibility index (Phi) is 6.01. The van der Waals surface area contributed by atoms with Gasteiger partial charge >= 0.3 is 0 Å². The van der Waals surface area contributed by atoms with Crippen molar-refractivity contribution in [2.24, 2.45) is 0 Å². The van der Waals surface area contributed by atoms with Gasteiger partial charge in [0.05, 0.1) is 6.61 Å². The molecule has 2 aromatic carbocycles. The van der Waals surface area contributed by atoms with E-state index in [1.54, 1.807) is 6.92 Å². The van der Waals surface area contributed by atoms with E-state index in [-0.39, 0.29) is 5.78 Å². The fraction of sp³-hybridized carbons (Fsp3) is 0.316. The predicted molar refractivity (Wildman–Crippen MR) is 87.4 cm³/mol. The number of hydrogen-bond donors (Lipinski definition) is 0. The Morgan fingerprint density at radius 1 is 0.955 bits per heavy atom. The Morgan fingerprint density at radius 2 is 1.73 bits per heavy atom. The predicted octanol–water partition coefficient (Wildman–Crippen LogP) is 4.19. The van der Waals surface area contributed by atoms with Crippen molar-refractivity contribution in [2.75, 3.05) is 6.61 Å². The fourth-order valence-corrected chi connectivity index (χ4v) is 2.15. The van der Waals surface area contributed by atoms with Crippen LogP contribution in [0.2, 0.25) is 0 Å². The Hall–Kier alpha value is -2.29. The summed E-state index contributed by atoms with van der Waals surface area (Å²) >= 11 is 0. The summed E-state index contributed by atoms with van der Waals surface area (Å²) in [5.74, 6) is 1.67. The molecule has 2 aromatic rings. The second-order valence-electron chi connectivity index (χ2n) is 5.19. The molecule has 0 spiro atoms. The molecule has 0 aromatic heterocycles.